The third-order valence-electron chi connectivity index (χ3n) is 2.42. The fourth-order valence-electron chi connectivity index (χ4n) is 1.47. The van der Waals surface area contributed by atoms with Crippen LogP contribution < -0.4 is 5.32 Å². The van der Waals surface area contributed by atoms with Crippen LogP contribution in [-0.4, -0.2) is 11.5 Å². The van der Waals surface area contributed by atoms with Gasteiger partial charge in [0.1, 0.15) is 5.82 Å². The van der Waals surface area contributed by atoms with Gasteiger partial charge in [-0.2, -0.15) is 13.2 Å². The molecule has 0 aliphatic carbocycles. The lowest BCUT2D eigenvalue weighted by molar-refractivity contribution is -0.137. The molecule has 2 nitrogen and oxygen atoms in total. The maximum atomic E-state index is 12.4. The Bertz CT molecular complexity index is 337. The van der Waals surface area contributed by atoms with Crippen LogP contribution in [-0.2, 0) is 6.18 Å². The second-order valence-corrected chi connectivity index (χ2v) is 3.91. The SMILES string of the molecule is CCCCCCNc1cc(C(F)(F)F)ccn1. The van der Waals surface area contributed by atoms with Crippen LogP contribution in [0, 0.1) is 0 Å². The van der Waals surface area contributed by atoms with E-state index in [1.165, 1.54) is 6.20 Å². The number of unbranched alkanes of at least 4 members (excludes halogenated alkanes) is 3. The highest BCUT2D eigenvalue weighted by Gasteiger charge is 2.30. The summed E-state index contributed by atoms with van der Waals surface area (Å²) in [5, 5.41) is 2.90. The van der Waals surface area contributed by atoms with Crippen molar-refractivity contribution < 1.29 is 13.2 Å². The van der Waals surface area contributed by atoms with Crippen LogP contribution in [0.5, 0.6) is 0 Å². The van der Waals surface area contributed by atoms with Crippen LogP contribution in [0.1, 0.15) is 38.2 Å². The van der Waals surface area contributed by atoms with Gasteiger partial charge in [-0.25, -0.2) is 4.98 Å². The Morgan fingerprint density at radius 3 is 2.65 bits per heavy atom. The molecule has 1 aromatic rings. The predicted octanol–water partition coefficient (Wildman–Crippen LogP) is 4.09. The molecule has 96 valence electrons. The van der Waals surface area contributed by atoms with Gasteiger partial charge in [0, 0.05) is 12.7 Å². The normalized spacial score (nSPS) is 11.5. The van der Waals surface area contributed by atoms with Gasteiger partial charge in [0.2, 0.25) is 0 Å². The molecule has 0 saturated heterocycles. The van der Waals surface area contributed by atoms with Gasteiger partial charge in [0.25, 0.3) is 0 Å². The number of nitrogens with one attached hydrogen (secondary N) is 1. The zero-order chi connectivity index (χ0) is 12.7. The van der Waals surface area contributed by atoms with Crippen molar-refractivity contribution in [3.8, 4) is 0 Å². The molecule has 0 aliphatic heterocycles. The average Bonchev–Trinajstić information content (AvgIpc) is 2.28. The Labute approximate surface area is 99.3 Å². The summed E-state index contributed by atoms with van der Waals surface area (Å²) in [7, 11) is 0. The fraction of sp³-hybridized carbons (Fsp3) is 0.583. The highest BCUT2D eigenvalue weighted by molar-refractivity contribution is 5.38. The molecule has 0 fully saturated rings. The summed E-state index contributed by atoms with van der Waals surface area (Å²) >= 11 is 0. The molecule has 5 heteroatoms. The van der Waals surface area contributed by atoms with Crippen LogP contribution >= 0.6 is 0 Å². The van der Waals surface area contributed by atoms with Gasteiger partial charge < -0.3 is 5.32 Å². The first-order valence-electron chi connectivity index (χ1n) is 5.81. The molecule has 17 heavy (non-hydrogen) atoms. The fourth-order valence-corrected chi connectivity index (χ4v) is 1.47. The molecule has 0 unspecified atom stereocenters. The average molecular weight is 246 g/mol. The van der Waals surface area contributed by atoms with Crippen LogP contribution in [0.4, 0.5) is 19.0 Å². The van der Waals surface area contributed by atoms with Crippen molar-refractivity contribution in [2.75, 3.05) is 11.9 Å². The standard InChI is InChI=1S/C12H17F3N2/c1-2-3-4-5-7-16-11-9-10(6-8-17-11)12(13,14)15/h6,8-9H,2-5,7H2,1H3,(H,16,17). The predicted molar refractivity (Wildman–Crippen MR) is 61.9 cm³/mol. The lowest BCUT2D eigenvalue weighted by atomic mass is 10.2. The molecule has 0 aromatic carbocycles. The third kappa shape index (κ3) is 5.06. The number of halogens is 3. The van der Waals surface area contributed by atoms with E-state index in [1.54, 1.807) is 0 Å². The molecule has 0 spiro atoms. The monoisotopic (exact) mass is 246 g/mol. The van der Waals surface area contributed by atoms with Gasteiger partial charge in [0.05, 0.1) is 5.56 Å². The summed E-state index contributed by atoms with van der Waals surface area (Å²) in [6, 6.07) is 2.02. The maximum absolute atomic E-state index is 12.4. The van der Waals surface area contributed by atoms with Crippen molar-refractivity contribution in [2.24, 2.45) is 0 Å². The van der Waals surface area contributed by atoms with Crippen molar-refractivity contribution in [1.82, 2.24) is 4.98 Å². The number of hydrogen-bond donors (Lipinski definition) is 1. The minimum atomic E-state index is -4.30. The van der Waals surface area contributed by atoms with E-state index in [9.17, 15) is 13.2 Å². The van der Waals surface area contributed by atoms with Crippen LogP contribution in [0.15, 0.2) is 18.3 Å². The number of nitrogens with zero attached hydrogens (tertiary/aromatic N) is 1. The van der Waals surface area contributed by atoms with E-state index in [4.69, 9.17) is 0 Å². The van der Waals surface area contributed by atoms with E-state index < -0.39 is 11.7 Å². The van der Waals surface area contributed by atoms with Crippen LogP contribution in [0.2, 0.25) is 0 Å². The summed E-state index contributed by atoms with van der Waals surface area (Å²) in [5.41, 5.74) is -0.663. The molecule has 0 radical (unpaired) electrons. The second kappa shape index (κ2) is 6.47. The molecular formula is C12H17F3N2. The van der Waals surface area contributed by atoms with Gasteiger partial charge in [-0.1, -0.05) is 26.2 Å². The molecule has 0 bridgehead atoms. The van der Waals surface area contributed by atoms with Crippen molar-refractivity contribution in [1.29, 1.82) is 0 Å². The van der Waals surface area contributed by atoms with E-state index in [0.29, 0.717) is 6.54 Å². The van der Waals surface area contributed by atoms with Gasteiger partial charge in [-0.15, -0.1) is 0 Å². The first-order valence-corrected chi connectivity index (χ1v) is 5.81. The molecule has 0 aliphatic rings. The first-order chi connectivity index (χ1) is 8.04. The molecule has 1 N–H and O–H groups in total. The Morgan fingerprint density at radius 1 is 1.24 bits per heavy atom. The number of pyridine rings is 1. The van der Waals surface area contributed by atoms with Gasteiger partial charge >= 0.3 is 6.18 Å². The van der Waals surface area contributed by atoms with E-state index in [0.717, 1.165) is 37.8 Å². The van der Waals surface area contributed by atoms with Gasteiger partial charge in [0.15, 0.2) is 0 Å². The van der Waals surface area contributed by atoms with Crippen LogP contribution in [0.25, 0.3) is 0 Å². The van der Waals surface area contributed by atoms with Gasteiger partial charge in [-0.05, 0) is 18.6 Å². The van der Waals surface area contributed by atoms with Crippen LogP contribution in [0.3, 0.4) is 0 Å². The first kappa shape index (κ1) is 13.8. The molecule has 1 rings (SSSR count). The minimum absolute atomic E-state index is 0.288. The quantitative estimate of drug-likeness (QED) is 0.764. The van der Waals surface area contributed by atoms with E-state index in [2.05, 4.69) is 17.2 Å². The summed E-state index contributed by atoms with van der Waals surface area (Å²) in [6.07, 6.45) is 1.20. The lowest BCUT2D eigenvalue weighted by Crippen LogP contribution is -2.08. The summed E-state index contributed by atoms with van der Waals surface area (Å²) in [4.78, 5) is 3.86. The Balaban J connectivity index is 2.44. The highest BCUT2D eigenvalue weighted by Crippen LogP contribution is 2.29. The number of aromatic nitrogens is 1. The van der Waals surface area contributed by atoms with E-state index in [-0.39, 0.29) is 5.82 Å². The van der Waals surface area contributed by atoms with Gasteiger partial charge in [-0.3, -0.25) is 0 Å². The molecule has 0 saturated carbocycles. The second-order valence-electron chi connectivity index (χ2n) is 3.91. The third-order valence-corrected chi connectivity index (χ3v) is 2.42. The lowest BCUT2D eigenvalue weighted by Gasteiger charge is -2.09. The van der Waals surface area contributed by atoms with Crippen molar-refractivity contribution in [3.63, 3.8) is 0 Å². The summed E-state index contributed by atoms with van der Waals surface area (Å²) < 4.78 is 37.2. The smallest absolute Gasteiger partial charge is 0.370 e. The van der Waals surface area contributed by atoms with Crippen molar-refractivity contribution >= 4 is 5.82 Å². The molecule has 1 aromatic heterocycles. The number of rotatable bonds is 6. The molecule has 1 heterocycles. The number of anilines is 1. The zero-order valence-corrected chi connectivity index (χ0v) is 9.85. The summed E-state index contributed by atoms with van der Waals surface area (Å²) in [6.45, 7) is 2.77. The topological polar surface area (TPSA) is 24.9 Å². The maximum Gasteiger partial charge on any atom is 0.416 e. The largest absolute Gasteiger partial charge is 0.416 e. The molecule has 0 amide bonds. The molecular weight excluding hydrogens is 229 g/mol. The Morgan fingerprint density at radius 2 is 2.00 bits per heavy atom. The van der Waals surface area contributed by atoms with E-state index in [1.807, 2.05) is 0 Å². The minimum Gasteiger partial charge on any atom is -0.370 e. The number of alkyl halides is 3. The molecule has 0 atom stereocenters. The zero-order valence-electron chi connectivity index (χ0n) is 9.85. The number of hydrogen-bond acceptors (Lipinski definition) is 2. The Hall–Kier alpha value is -1.26. The highest BCUT2D eigenvalue weighted by atomic mass is 19.4. The van der Waals surface area contributed by atoms with E-state index >= 15 is 0 Å². The summed E-state index contributed by atoms with van der Waals surface area (Å²) in [5.74, 6) is 0.288. The van der Waals surface area contributed by atoms with Crippen molar-refractivity contribution in [3.05, 3.63) is 23.9 Å². The Kier molecular flexibility index (Phi) is 5.25. The van der Waals surface area contributed by atoms with Crippen molar-refractivity contribution in [2.45, 2.75) is 38.8 Å².